The van der Waals surface area contributed by atoms with E-state index in [1.54, 1.807) is 36.4 Å². The van der Waals surface area contributed by atoms with Crippen molar-refractivity contribution in [2.24, 2.45) is 0 Å². The van der Waals surface area contributed by atoms with Crippen LogP contribution in [0.25, 0.3) is 0 Å². The van der Waals surface area contributed by atoms with Gasteiger partial charge >= 0.3 is 0 Å². The highest BCUT2D eigenvalue weighted by molar-refractivity contribution is 6.30. The fourth-order valence-corrected chi connectivity index (χ4v) is 1.92. The zero-order valence-corrected chi connectivity index (χ0v) is 10.4. The number of hydrogen-bond donors (Lipinski definition) is 2. The Morgan fingerprint density at radius 3 is 2.61 bits per heavy atom. The molecule has 2 aromatic rings. The number of aliphatic hydroxyl groups is 1. The Hall–Kier alpha value is -1.58. The third-order valence-corrected chi connectivity index (χ3v) is 2.87. The molecule has 0 aromatic heterocycles. The van der Waals surface area contributed by atoms with Crippen molar-refractivity contribution in [2.45, 2.75) is 6.04 Å². The Labute approximate surface area is 110 Å². The molecule has 0 radical (unpaired) electrons. The number of aliphatic hydroxyl groups excluding tert-OH is 1. The molecule has 0 spiro atoms. The highest BCUT2D eigenvalue weighted by Gasteiger charge is 2.12. The summed E-state index contributed by atoms with van der Waals surface area (Å²) in [5, 5.41) is 12.9. The second-order valence-corrected chi connectivity index (χ2v) is 4.35. The molecule has 2 aromatic carbocycles. The SMILES string of the molecule is OCC(Nc1ccccc1F)c1cccc(Cl)c1. The quantitative estimate of drug-likeness (QED) is 0.885. The molecule has 0 aliphatic heterocycles. The lowest BCUT2D eigenvalue weighted by atomic mass is 10.1. The summed E-state index contributed by atoms with van der Waals surface area (Å²) in [7, 11) is 0. The molecule has 0 saturated carbocycles. The van der Waals surface area contributed by atoms with E-state index in [-0.39, 0.29) is 18.5 Å². The summed E-state index contributed by atoms with van der Waals surface area (Å²) in [6.07, 6.45) is 0. The van der Waals surface area contributed by atoms with Crippen molar-refractivity contribution in [2.75, 3.05) is 11.9 Å². The van der Waals surface area contributed by atoms with Crippen molar-refractivity contribution < 1.29 is 9.50 Å². The van der Waals surface area contributed by atoms with Gasteiger partial charge in [0.05, 0.1) is 18.3 Å². The van der Waals surface area contributed by atoms with Crippen LogP contribution in [0.2, 0.25) is 5.02 Å². The topological polar surface area (TPSA) is 32.3 Å². The molecular weight excluding hydrogens is 253 g/mol. The van der Waals surface area contributed by atoms with E-state index in [9.17, 15) is 9.50 Å². The first-order valence-electron chi connectivity index (χ1n) is 5.58. The minimum Gasteiger partial charge on any atom is -0.394 e. The Bertz CT molecular complexity index is 533. The number of para-hydroxylation sites is 1. The predicted molar refractivity (Wildman–Crippen MR) is 71.3 cm³/mol. The molecule has 0 aliphatic rings. The Kier molecular flexibility index (Phi) is 4.18. The van der Waals surface area contributed by atoms with Gasteiger partial charge in [-0.05, 0) is 29.8 Å². The molecule has 0 heterocycles. The standard InChI is InChI=1S/C14H13ClFNO/c15-11-5-3-4-10(8-11)14(9-18)17-13-7-2-1-6-12(13)16/h1-8,14,17-18H,9H2. The molecule has 1 atom stereocenters. The zero-order chi connectivity index (χ0) is 13.0. The summed E-state index contributed by atoms with van der Waals surface area (Å²) < 4.78 is 13.5. The molecule has 0 amide bonds. The number of anilines is 1. The Morgan fingerprint density at radius 2 is 1.94 bits per heavy atom. The van der Waals surface area contributed by atoms with Crippen LogP contribution in [0.1, 0.15) is 11.6 Å². The fraction of sp³-hybridized carbons (Fsp3) is 0.143. The summed E-state index contributed by atoms with van der Waals surface area (Å²) in [4.78, 5) is 0. The summed E-state index contributed by atoms with van der Waals surface area (Å²) >= 11 is 5.90. The van der Waals surface area contributed by atoms with Crippen LogP contribution in [0.15, 0.2) is 48.5 Å². The summed E-state index contributed by atoms with van der Waals surface area (Å²) in [6, 6.07) is 13.1. The lowest BCUT2D eigenvalue weighted by Gasteiger charge is -2.18. The largest absolute Gasteiger partial charge is 0.394 e. The fourth-order valence-electron chi connectivity index (χ4n) is 1.72. The van der Waals surface area contributed by atoms with Crippen LogP contribution >= 0.6 is 11.6 Å². The van der Waals surface area contributed by atoms with Crippen LogP contribution in [-0.4, -0.2) is 11.7 Å². The third kappa shape index (κ3) is 3.00. The van der Waals surface area contributed by atoms with E-state index in [1.807, 2.05) is 6.07 Å². The van der Waals surface area contributed by atoms with E-state index in [0.717, 1.165) is 5.56 Å². The Morgan fingerprint density at radius 1 is 1.17 bits per heavy atom. The van der Waals surface area contributed by atoms with Crippen LogP contribution in [0, 0.1) is 5.82 Å². The first-order valence-corrected chi connectivity index (χ1v) is 5.96. The second-order valence-electron chi connectivity index (χ2n) is 3.91. The number of benzene rings is 2. The minimum absolute atomic E-state index is 0.144. The summed E-state index contributed by atoms with van der Waals surface area (Å²) in [5.41, 5.74) is 1.17. The van der Waals surface area contributed by atoms with Gasteiger partial charge in [-0.2, -0.15) is 0 Å². The van der Waals surface area contributed by atoms with E-state index in [4.69, 9.17) is 11.6 Å². The van der Waals surface area contributed by atoms with Crippen LogP contribution in [-0.2, 0) is 0 Å². The molecule has 2 rings (SSSR count). The highest BCUT2D eigenvalue weighted by Crippen LogP contribution is 2.23. The van der Waals surface area contributed by atoms with Crippen LogP contribution < -0.4 is 5.32 Å². The lowest BCUT2D eigenvalue weighted by Crippen LogP contribution is -2.15. The van der Waals surface area contributed by atoms with Crippen molar-refractivity contribution in [3.05, 3.63) is 64.9 Å². The summed E-state index contributed by atoms with van der Waals surface area (Å²) in [5.74, 6) is -0.349. The van der Waals surface area contributed by atoms with Crippen LogP contribution in [0.3, 0.4) is 0 Å². The summed E-state index contributed by atoms with van der Waals surface area (Å²) in [6.45, 7) is -0.144. The molecular formula is C14H13ClFNO. The van der Waals surface area contributed by atoms with Gasteiger partial charge in [0.2, 0.25) is 0 Å². The molecule has 0 saturated heterocycles. The van der Waals surface area contributed by atoms with Crippen molar-refractivity contribution >= 4 is 17.3 Å². The molecule has 4 heteroatoms. The predicted octanol–water partition coefficient (Wildman–Crippen LogP) is 3.62. The number of rotatable bonds is 4. The van der Waals surface area contributed by atoms with Crippen LogP contribution in [0.4, 0.5) is 10.1 Å². The van der Waals surface area contributed by atoms with E-state index in [2.05, 4.69) is 5.32 Å². The average Bonchev–Trinajstić information content (AvgIpc) is 2.38. The monoisotopic (exact) mass is 265 g/mol. The van der Waals surface area contributed by atoms with Gasteiger partial charge in [-0.15, -0.1) is 0 Å². The molecule has 1 unspecified atom stereocenters. The number of hydrogen-bond acceptors (Lipinski definition) is 2. The maximum atomic E-state index is 13.5. The van der Waals surface area contributed by atoms with Crippen molar-refractivity contribution in [3.8, 4) is 0 Å². The van der Waals surface area contributed by atoms with E-state index in [1.165, 1.54) is 6.07 Å². The van der Waals surface area contributed by atoms with E-state index < -0.39 is 0 Å². The zero-order valence-electron chi connectivity index (χ0n) is 9.61. The van der Waals surface area contributed by atoms with Crippen LogP contribution in [0.5, 0.6) is 0 Å². The van der Waals surface area contributed by atoms with E-state index >= 15 is 0 Å². The number of halogens is 2. The van der Waals surface area contributed by atoms with Gasteiger partial charge < -0.3 is 10.4 Å². The minimum atomic E-state index is -0.388. The first-order chi connectivity index (χ1) is 8.70. The maximum absolute atomic E-state index is 13.5. The molecule has 0 bridgehead atoms. The molecule has 18 heavy (non-hydrogen) atoms. The van der Waals surface area contributed by atoms with Gasteiger partial charge in [0, 0.05) is 5.02 Å². The molecule has 0 fully saturated rings. The molecule has 2 N–H and O–H groups in total. The van der Waals surface area contributed by atoms with Gasteiger partial charge in [-0.3, -0.25) is 0 Å². The molecule has 94 valence electrons. The van der Waals surface area contributed by atoms with Crippen molar-refractivity contribution in [1.29, 1.82) is 0 Å². The first kappa shape index (κ1) is 12.9. The smallest absolute Gasteiger partial charge is 0.146 e. The second kappa shape index (κ2) is 5.85. The van der Waals surface area contributed by atoms with Crippen molar-refractivity contribution in [1.82, 2.24) is 0 Å². The van der Waals surface area contributed by atoms with Gasteiger partial charge in [0.15, 0.2) is 0 Å². The Balaban J connectivity index is 2.23. The normalized spacial score (nSPS) is 12.2. The van der Waals surface area contributed by atoms with Crippen molar-refractivity contribution in [3.63, 3.8) is 0 Å². The highest BCUT2D eigenvalue weighted by atomic mass is 35.5. The van der Waals surface area contributed by atoms with Gasteiger partial charge in [0.1, 0.15) is 5.82 Å². The maximum Gasteiger partial charge on any atom is 0.146 e. The average molecular weight is 266 g/mol. The molecule has 0 aliphatic carbocycles. The lowest BCUT2D eigenvalue weighted by molar-refractivity contribution is 0.276. The third-order valence-electron chi connectivity index (χ3n) is 2.64. The van der Waals surface area contributed by atoms with Gasteiger partial charge in [-0.1, -0.05) is 35.9 Å². The molecule has 2 nitrogen and oxygen atoms in total. The van der Waals surface area contributed by atoms with E-state index in [0.29, 0.717) is 10.7 Å². The number of nitrogens with one attached hydrogen (secondary N) is 1. The van der Waals surface area contributed by atoms with Gasteiger partial charge in [-0.25, -0.2) is 4.39 Å². The van der Waals surface area contributed by atoms with Gasteiger partial charge in [0.25, 0.3) is 0 Å².